The minimum atomic E-state index is -2.71. The fourth-order valence-corrected chi connectivity index (χ4v) is 3.60. The molecule has 3 aromatic heterocycles. The van der Waals surface area contributed by atoms with Gasteiger partial charge < -0.3 is 10.6 Å². The highest BCUT2D eigenvalue weighted by atomic mass is 19.3. The van der Waals surface area contributed by atoms with E-state index in [1.54, 1.807) is 23.1 Å². The van der Waals surface area contributed by atoms with Crippen molar-refractivity contribution in [3.63, 3.8) is 0 Å². The molecule has 1 amide bonds. The van der Waals surface area contributed by atoms with Crippen LogP contribution in [0.2, 0.25) is 0 Å². The molecule has 146 valence electrons. The summed E-state index contributed by atoms with van der Waals surface area (Å²) in [5.74, 6) is 0.137. The summed E-state index contributed by atoms with van der Waals surface area (Å²) in [5.41, 5.74) is 6.18. The number of carbonyl (C=O) groups is 1. The third-order valence-corrected chi connectivity index (χ3v) is 5.14. The Balaban J connectivity index is 1.69. The number of hydrogen-bond donors (Lipinski definition) is 1. The summed E-state index contributed by atoms with van der Waals surface area (Å²) in [6.45, 7) is 2.95. The molecule has 10 heteroatoms. The van der Waals surface area contributed by atoms with Gasteiger partial charge in [0.25, 0.3) is 18.1 Å². The molecule has 4 heterocycles. The Hall–Kier alpha value is -3.17. The van der Waals surface area contributed by atoms with Crippen molar-refractivity contribution in [2.24, 2.45) is 5.92 Å². The Kier molecular flexibility index (Phi) is 4.62. The van der Waals surface area contributed by atoms with Crippen molar-refractivity contribution in [2.45, 2.75) is 25.7 Å². The first-order valence-corrected chi connectivity index (χ1v) is 8.94. The fourth-order valence-electron chi connectivity index (χ4n) is 3.60. The topological polar surface area (TPSA) is 102 Å². The lowest BCUT2D eigenvalue weighted by atomic mass is 9.84. The number of nitrogens with zero attached hydrogens (tertiary/aromatic N) is 6. The van der Waals surface area contributed by atoms with Crippen LogP contribution in [0.1, 0.15) is 47.6 Å². The van der Waals surface area contributed by atoms with Crippen LogP contribution >= 0.6 is 0 Å². The van der Waals surface area contributed by atoms with E-state index >= 15 is 0 Å². The lowest BCUT2D eigenvalue weighted by Crippen LogP contribution is -2.43. The van der Waals surface area contributed by atoms with Gasteiger partial charge in [-0.05, 0) is 30.5 Å². The third kappa shape index (κ3) is 3.25. The molecule has 2 atom stereocenters. The van der Waals surface area contributed by atoms with Gasteiger partial charge in [0.05, 0.1) is 5.69 Å². The highest BCUT2D eigenvalue weighted by molar-refractivity contribution is 5.92. The lowest BCUT2D eigenvalue weighted by Gasteiger charge is -2.37. The van der Waals surface area contributed by atoms with E-state index in [0.717, 1.165) is 6.42 Å². The number of pyridine rings is 1. The second-order valence-electron chi connectivity index (χ2n) is 6.95. The zero-order valence-corrected chi connectivity index (χ0v) is 15.2. The molecule has 3 aromatic rings. The van der Waals surface area contributed by atoms with Gasteiger partial charge in [-0.15, -0.1) is 0 Å². The fraction of sp³-hybridized carbons (Fsp3) is 0.389. The van der Waals surface area contributed by atoms with Crippen molar-refractivity contribution >= 4 is 17.5 Å². The standard InChI is InChI=1S/C18H19F2N7O/c1-10-5-6-26(17(28)12-3-2-4-15(21)24-12)8-11(10)14-7-13(16(19)20)25-18-22-9-23-27(14)18/h2-4,7,9-11,16H,5-6,8H2,1H3,(H2,21,24)/t10-,11-/m1/s1. The number of rotatable bonds is 3. The number of carbonyl (C=O) groups excluding carboxylic acids is 1. The van der Waals surface area contributed by atoms with Crippen LogP contribution < -0.4 is 5.73 Å². The first-order valence-electron chi connectivity index (χ1n) is 8.94. The van der Waals surface area contributed by atoms with Crippen molar-refractivity contribution in [3.05, 3.63) is 47.7 Å². The molecular weight excluding hydrogens is 368 g/mol. The van der Waals surface area contributed by atoms with Crippen LogP contribution in [0.15, 0.2) is 30.6 Å². The van der Waals surface area contributed by atoms with E-state index in [9.17, 15) is 13.6 Å². The molecule has 0 saturated carbocycles. The van der Waals surface area contributed by atoms with E-state index in [-0.39, 0.29) is 40.7 Å². The van der Waals surface area contributed by atoms with Crippen molar-refractivity contribution in [1.29, 1.82) is 0 Å². The summed E-state index contributed by atoms with van der Waals surface area (Å²) < 4.78 is 28.1. The second kappa shape index (κ2) is 7.10. The Morgan fingerprint density at radius 1 is 1.32 bits per heavy atom. The van der Waals surface area contributed by atoms with Gasteiger partial charge in [0.15, 0.2) is 0 Å². The number of fused-ring (bicyclic) bond motifs is 1. The van der Waals surface area contributed by atoms with Crippen LogP contribution in [0.4, 0.5) is 14.6 Å². The molecule has 8 nitrogen and oxygen atoms in total. The van der Waals surface area contributed by atoms with Crippen molar-refractivity contribution in [3.8, 4) is 0 Å². The number of likely N-dealkylation sites (tertiary alicyclic amines) is 1. The summed E-state index contributed by atoms with van der Waals surface area (Å²) in [4.78, 5) is 26.5. The van der Waals surface area contributed by atoms with E-state index in [1.165, 1.54) is 16.9 Å². The quantitative estimate of drug-likeness (QED) is 0.740. The number of nitrogens with two attached hydrogens (primary N) is 1. The monoisotopic (exact) mass is 387 g/mol. The summed E-state index contributed by atoms with van der Waals surface area (Å²) in [6, 6.07) is 6.27. The van der Waals surface area contributed by atoms with Gasteiger partial charge in [0.1, 0.15) is 23.5 Å². The maximum atomic E-state index is 13.3. The predicted molar refractivity (Wildman–Crippen MR) is 96.8 cm³/mol. The normalized spacial score (nSPS) is 20.1. The maximum Gasteiger partial charge on any atom is 0.280 e. The molecule has 1 aliphatic rings. The molecule has 1 saturated heterocycles. The van der Waals surface area contributed by atoms with Crippen molar-refractivity contribution in [1.82, 2.24) is 29.5 Å². The molecule has 0 aromatic carbocycles. The molecule has 0 bridgehead atoms. The summed E-state index contributed by atoms with van der Waals surface area (Å²) in [5, 5.41) is 4.13. The number of nitrogen functional groups attached to an aromatic ring is 1. The zero-order valence-electron chi connectivity index (χ0n) is 15.2. The summed E-state index contributed by atoms with van der Waals surface area (Å²) in [6.07, 6.45) is -0.705. The third-order valence-electron chi connectivity index (χ3n) is 5.14. The largest absolute Gasteiger partial charge is 0.384 e. The van der Waals surface area contributed by atoms with Crippen LogP contribution in [0.25, 0.3) is 5.78 Å². The van der Waals surface area contributed by atoms with Gasteiger partial charge in [-0.3, -0.25) is 4.79 Å². The van der Waals surface area contributed by atoms with E-state index in [1.807, 2.05) is 6.92 Å². The second-order valence-corrected chi connectivity index (χ2v) is 6.95. The molecule has 0 unspecified atom stereocenters. The van der Waals surface area contributed by atoms with E-state index in [0.29, 0.717) is 18.8 Å². The van der Waals surface area contributed by atoms with Crippen molar-refractivity contribution in [2.75, 3.05) is 18.8 Å². The van der Waals surface area contributed by atoms with E-state index < -0.39 is 6.43 Å². The van der Waals surface area contributed by atoms with Gasteiger partial charge in [-0.25, -0.2) is 23.3 Å². The van der Waals surface area contributed by atoms with Crippen molar-refractivity contribution < 1.29 is 13.6 Å². The number of aromatic nitrogens is 5. The number of amides is 1. The SMILES string of the molecule is C[C@@H]1CCN(C(=O)c2cccc(N)n2)C[C@H]1c1cc(C(F)F)nc2ncnn12. The molecule has 1 fully saturated rings. The molecule has 1 aliphatic heterocycles. The minimum Gasteiger partial charge on any atom is -0.384 e. The van der Waals surface area contributed by atoms with Crippen LogP contribution in [0, 0.1) is 5.92 Å². The molecule has 0 radical (unpaired) electrons. The van der Waals surface area contributed by atoms with E-state index in [4.69, 9.17) is 5.73 Å². The van der Waals surface area contributed by atoms with Crippen LogP contribution in [-0.4, -0.2) is 48.5 Å². The molecular formula is C18H19F2N7O. The summed E-state index contributed by atoms with van der Waals surface area (Å²) in [7, 11) is 0. The highest BCUT2D eigenvalue weighted by Crippen LogP contribution is 2.34. The number of hydrogen-bond acceptors (Lipinski definition) is 6. The minimum absolute atomic E-state index is 0.126. The number of halogens is 2. The Bertz CT molecular complexity index is 1020. The van der Waals surface area contributed by atoms with E-state index in [2.05, 4.69) is 20.1 Å². The number of alkyl halides is 2. The summed E-state index contributed by atoms with van der Waals surface area (Å²) >= 11 is 0. The molecule has 0 aliphatic carbocycles. The Labute approximate surface area is 159 Å². The molecule has 2 N–H and O–H groups in total. The van der Waals surface area contributed by atoms with Gasteiger partial charge in [-0.2, -0.15) is 10.1 Å². The maximum absolute atomic E-state index is 13.3. The first kappa shape index (κ1) is 18.2. The van der Waals surface area contributed by atoms with Gasteiger partial charge in [-0.1, -0.05) is 13.0 Å². The van der Waals surface area contributed by atoms with Gasteiger partial charge in [0, 0.05) is 19.0 Å². The lowest BCUT2D eigenvalue weighted by molar-refractivity contribution is 0.0659. The van der Waals surface area contributed by atoms with Gasteiger partial charge >= 0.3 is 0 Å². The van der Waals surface area contributed by atoms with Crippen LogP contribution in [-0.2, 0) is 0 Å². The van der Waals surface area contributed by atoms with Gasteiger partial charge in [0.2, 0.25) is 0 Å². The Morgan fingerprint density at radius 3 is 2.89 bits per heavy atom. The number of piperidine rings is 1. The smallest absolute Gasteiger partial charge is 0.280 e. The predicted octanol–water partition coefficient (Wildman–Crippen LogP) is 2.30. The zero-order chi connectivity index (χ0) is 19.8. The average Bonchev–Trinajstić information content (AvgIpc) is 3.16. The molecule has 4 rings (SSSR count). The highest BCUT2D eigenvalue weighted by Gasteiger charge is 2.33. The molecule has 28 heavy (non-hydrogen) atoms. The van der Waals surface area contributed by atoms with Crippen LogP contribution in [0.3, 0.4) is 0 Å². The average molecular weight is 387 g/mol. The Morgan fingerprint density at radius 2 is 2.14 bits per heavy atom. The number of anilines is 1. The van der Waals surface area contributed by atoms with Crippen LogP contribution in [0.5, 0.6) is 0 Å². The first-order chi connectivity index (χ1) is 13.4. The molecule has 0 spiro atoms.